The summed E-state index contributed by atoms with van der Waals surface area (Å²) in [5, 5.41) is 6.80. The van der Waals surface area contributed by atoms with Gasteiger partial charge >= 0.3 is 0 Å². The van der Waals surface area contributed by atoms with Crippen LogP contribution in [0.2, 0.25) is 0 Å². The molecule has 1 aliphatic carbocycles. The molecule has 4 heteroatoms. The molecule has 1 aliphatic rings. The van der Waals surface area contributed by atoms with Crippen molar-refractivity contribution in [1.29, 1.82) is 0 Å². The average molecular weight is 323 g/mol. The van der Waals surface area contributed by atoms with Crippen LogP contribution in [0.15, 0.2) is 59.6 Å². The van der Waals surface area contributed by atoms with Crippen LogP contribution in [0.1, 0.15) is 23.5 Å². The van der Waals surface area contributed by atoms with Crippen LogP contribution in [0.5, 0.6) is 5.75 Å². The number of rotatable bonds is 6. The Morgan fingerprint density at radius 2 is 1.83 bits per heavy atom. The number of aliphatic imine (C=N–C) groups is 1. The minimum absolute atomic E-state index is 0.693. The molecule has 126 valence electrons. The van der Waals surface area contributed by atoms with E-state index in [1.807, 2.05) is 19.2 Å². The molecular formula is C20H25N3O. The van der Waals surface area contributed by atoms with Crippen molar-refractivity contribution in [3.05, 3.63) is 65.7 Å². The number of nitrogens with one attached hydrogen (secondary N) is 2. The molecule has 0 spiro atoms. The molecule has 24 heavy (non-hydrogen) atoms. The van der Waals surface area contributed by atoms with Gasteiger partial charge in [-0.1, -0.05) is 42.5 Å². The smallest absolute Gasteiger partial charge is 0.191 e. The van der Waals surface area contributed by atoms with E-state index in [0.29, 0.717) is 11.8 Å². The van der Waals surface area contributed by atoms with Crippen LogP contribution in [-0.4, -0.2) is 26.7 Å². The van der Waals surface area contributed by atoms with Crippen molar-refractivity contribution in [1.82, 2.24) is 10.6 Å². The van der Waals surface area contributed by atoms with Gasteiger partial charge in [-0.2, -0.15) is 0 Å². The minimum Gasteiger partial charge on any atom is -0.497 e. The molecule has 1 saturated carbocycles. The lowest BCUT2D eigenvalue weighted by Crippen LogP contribution is -2.38. The van der Waals surface area contributed by atoms with Crippen molar-refractivity contribution in [2.24, 2.45) is 10.9 Å². The lowest BCUT2D eigenvalue weighted by atomic mass is 10.1. The summed E-state index contributed by atoms with van der Waals surface area (Å²) >= 11 is 0. The fourth-order valence-corrected chi connectivity index (χ4v) is 2.96. The lowest BCUT2D eigenvalue weighted by Gasteiger charge is -2.12. The quantitative estimate of drug-likeness (QED) is 0.634. The van der Waals surface area contributed by atoms with Gasteiger partial charge in [-0.05, 0) is 41.5 Å². The predicted molar refractivity (Wildman–Crippen MR) is 98.5 cm³/mol. The summed E-state index contributed by atoms with van der Waals surface area (Å²) in [5.41, 5.74) is 2.65. The Bertz CT molecular complexity index is 667. The standard InChI is InChI=1S/C20H25N3O/c1-21-20(22-13-15-8-10-18(24-2)11-9-15)23-14-17-12-19(17)16-6-4-3-5-7-16/h3-11,17,19H,12-14H2,1-2H3,(H2,21,22,23). The molecule has 0 heterocycles. The first-order valence-corrected chi connectivity index (χ1v) is 8.42. The van der Waals surface area contributed by atoms with E-state index in [2.05, 4.69) is 58.1 Å². The third-order valence-electron chi connectivity index (χ3n) is 4.52. The van der Waals surface area contributed by atoms with Crippen molar-refractivity contribution < 1.29 is 4.74 Å². The average Bonchev–Trinajstić information content (AvgIpc) is 3.43. The second kappa shape index (κ2) is 7.86. The zero-order chi connectivity index (χ0) is 16.8. The van der Waals surface area contributed by atoms with Crippen molar-refractivity contribution in [2.75, 3.05) is 20.7 Å². The van der Waals surface area contributed by atoms with Crippen LogP contribution in [0.3, 0.4) is 0 Å². The Labute approximate surface area is 144 Å². The molecule has 0 bridgehead atoms. The zero-order valence-electron chi connectivity index (χ0n) is 14.3. The first-order chi connectivity index (χ1) is 11.8. The summed E-state index contributed by atoms with van der Waals surface area (Å²) in [4.78, 5) is 4.30. The molecule has 0 amide bonds. The van der Waals surface area contributed by atoms with Crippen molar-refractivity contribution in [3.8, 4) is 5.75 Å². The Morgan fingerprint density at radius 1 is 1.08 bits per heavy atom. The van der Waals surface area contributed by atoms with Crippen LogP contribution < -0.4 is 15.4 Å². The minimum atomic E-state index is 0.693. The highest BCUT2D eigenvalue weighted by Crippen LogP contribution is 2.46. The molecule has 3 rings (SSSR count). The molecule has 2 N–H and O–H groups in total. The molecule has 0 saturated heterocycles. The number of ether oxygens (including phenoxy) is 1. The van der Waals surface area contributed by atoms with E-state index in [4.69, 9.17) is 4.74 Å². The van der Waals surface area contributed by atoms with E-state index in [1.54, 1.807) is 7.11 Å². The number of hydrogen-bond donors (Lipinski definition) is 2. The van der Waals surface area contributed by atoms with Gasteiger partial charge in [0.2, 0.25) is 0 Å². The van der Waals surface area contributed by atoms with Gasteiger partial charge in [0.1, 0.15) is 5.75 Å². The van der Waals surface area contributed by atoms with Gasteiger partial charge in [-0.15, -0.1) is 0 Å². The highest BCUT2D eigenvalue weighted by molar-refractivity contribution is 5.79. The van der Waals surface area contributed by atoms with Gasteiger partial charge in [-0.25, -0.2) is 0 Å². The molecule has 0 aromatic heterocycles. The number of nitrogens with zero attached hydrogens (tertiary/aromatic N) is 1. The highest BCUT2D eigenvalue weighted by Gasteiger charge is 2.37. The monoisotopic (exact) mass is 323 g/mol. The maximum Gasteiger partial charge on any atom is 0.191 e. The van der Waals surface area contributed by atoms with Crippen LogP contribution in [0.25, 0.3) is 0 Å². The van der Waals surface area contributed by atoms with Gasteiger partial charge in [0.15, 0.2) is 5.96 Å². The van der Waals surface area contributed by atoms with E-state index in [-0.39, 0.29) is 0 Å². The van der Waals surface area contributed by atoms with Crippen LogP contribution in [0, 0.1) is 5.92 Å². The van der Waals surface area contributed by atoms with Crippen molar-refractivity contribution in [3.63, 3.8) is 0 Å². The molecule has 2 aromatic rings. The first kappa shape index (κ1) is 16.4. The van der Waals surface area contributed by atoms with E-state index in [0.717, 1.165) is 24.8 Å². The lowest BCUT2D eigenvalue weighted by molar-refractivity contribution is 0.414. The van der Waals surface area contributed by atoms with Gasteiger partial charge in [0.05, 0.1) is 7.11 Å². The van der Waals surface area contributed by atoms with Crippen LogP contribution >= 0.6 is 0 Å². The number of guanidine groups is 1. The van der Waals surface area contributed by atoms with Crippen molar-refractivity contribution >= 4 is 5.96 Å². The zero-order valence-corrected chi connectivity index (χ0v) is 14.3. The molecule has 0 radical (unpaired) electrons. The number of methoxy groups -OCH3 is 1. The third kappa shape index (κ3) is 4.28. The van der Waals surface area contributed by atoms with Crippen LogP contribution in [-0.2, 0) is 6.54 Å². The molecule has 2 unspecified atom stereocenters. The van der Waals surface area contributed by atoms with E-state index < -0.39 is 0 Å². The Hall–Kier alpha value is -2.49. The summed E-state index contributed by atoms with van der Waals surface area (Å²) < 4.78 is 5.18. The van der Waals surface area contributed by atoms with E-state index in [1.165, 1.54) is 17.5 Å². The van der Waals surface area contributed by atoms with Crippen LogP contribution in [0.4, 0.5) is 0 Å². The summed E-state index contributed by atoms with van der Waals surface area (Å²) in [7, 11) is 3.49. The Morgan fingerprint density at radius 3 is 2.50 bits per heavy atom. The second-order valence-electron chi connectivity index (χ2n) is 6.17. The molecule has 4 nitrogen and oxygen atoms in total. The molecular weight excluding hydrogens is 298 g/mol. The largest absolute Gasteiger partial charge is 0.497 e. The van der Waals surface area contributed by atoms with Crippen molar-refractivity contribution in [2.45, 2.75) is 18.9 Å². The molecule has 2 atom stereocenters. The third-order valence-corrected chi connectivity index (χ3v) is 4.52. The SMILES string of the molecule is CN=C(NCc1ccc(OC)cc1)NCC1CC1c1ccccc1. The summed E-state index contributed by atoms with van der Waals surface area (Å²) in [6.07, 6.45) is 1.26. The van der Waals surface area contributed by atoms with Gasteiger partial charge in [0, 0.05) is 20.1 Å². The molecule has 1 fully saturated rings. The number of hydrogen-bond acceptors (Lipinski definition) is 2. The summed E-state index contributed by atoms with van der Waals surface area (Å²) in [6, 6.07) is 18.8. The topological polar surface area (TPSA) is 45.7 Å². The fourth-order valence-electron chi connectivity index (χ4n) is 2.96. The first-order valence-electron chi connectivity index (χ1n) is 8.42. The Kier molecular flexibility index (Phi) is 5.36. The second-order valence-corrected chi connectivity index (χ2v) is 6.17. The Balaban J connectivity index is 1.43. The van der Waals surface area contributed by atoms with E-state index in [9.17, 15) is 0 Å². The fraction of sp³-hybridized carbons (Fsp3) is 0.350. The molecule has 2 aromatic carbocycles. The normalized spacial score (nSPS) is 19.7. The maximum atomic E-state index is 5.18. The summed E-state index contributed by atoms with van der Waals surface area (Å²) in [5.74, 6) is 3.12. The highest BCUT2D eigenvalue weighted by atomic mass is 16.5. The van der Waals surface area contributed by atoms with Gasteiger partial charge in [-0.3, -0.25) is 4.99 Å². The molecule has 0 aliphatic heterocycles. The number of benzene rings is 2. The van der Waals surface area contributed by atoms with Gasteiger partial charge in [0.25, 0.3) is 0 Å². The summed E-state index contributed by atoms with van der Waals surface area (Å²) in [6.45, 7) is 1.71. The van der Waals surface area contributed by atoms with Gasteiger partial charge < -0.3 is 15.4 Å². The maximum absolute atomic E-state index is 5.18. The van der Waals surface area contributed by atoms with E-state index >= 15 is 0 Å². The predicted octanol–water partition coefficient (Wildman–Crippen LogP) is 3.16.